The quantitative estimate of drug-likeness (QED) is 0.0579. The van der Waals surface area contributed by atoms with Gasteiger partial charge in [0.2, 0.25) is 0 Å². The molecule has 4 aromatic rings. The molecule has 4 heterocycles. The van der Waals surface area contributed by atoms with Crippen molar-refractivity contribution in [1.82, 2.24) is 24.9 Å². The molecule has 9 rings (SSSR count). The molecule has 1 spiro atoms. The van der Waals surface area contributed by atoms with Crippen molar-refractivity contribution in [3.05, 3.63) is 133 Å². The van der Waals surface area contributed by atoms with Crippen LogP contribution in [0.25, 0.3) is 16.6 Å². The van der Waals surface area contributed by atoms with Gasteiger partial charge in [-0.05, 0) is 122 Å². The average Bonchev–Trinajstić information content (AvgIpc) is 3.75. The highest BCUT2D eigenvalue weighted by molar-refractivity contribution is 8.02. The molecule has 62 heavy (non-hydrogen) atoms. The number of benzene rings is 2. The van der Waals surface area contributed by atoms with Crippen LogP contribution in [0.15, 0.2) is 107 Å². The second kappa shape index (κ2) is 18.5. The molecule has 13 nitrogen and oxygen atoms in total. The van der Waals surface area contributed by atoms with Crippen LogP contribution in [-0.4, -0.2) is 83.9 Å². The second-order valence-corrected chi connectivity index (χ2v) is 18.4. The molecule has 1 amide bonds. The fraction of sp³-hybridized carbons (Fsp3) is 0.383. The summed E-state index contributed by atoms with van der Waals surface area (Å²) in [6.07, 6.45) is 17.3. The minimum atomic E-state index is -0.498. The zero-order valence-corrected chi connectivity index (χ0v) is 36.2. The number of carbonyl (C=O) groups is 1. The smallest absolute Gasteiger partial charge is 0.281 e. The van der Waals surface area contributed by atoms with Gasteiger partial charge < -0.3 is 24.7 Å². The number of halogens is 1. The first-order chi connectivity index (χ1) is 30.2. The Balaban J connectivity index is 0.890. The second-order valence-electron chi connectivity index (χ2n) is 17.1. The highest BCUT2D eigenvalue weighted by atomic mass is 35.5. The standard InChI is InChI=1S/C47H51ClN8O5S/c48-35-4-2-32(3-5-35)40-26-47(12-1-13-47)14-8-34(40)30-54-16-18-55(19-17-54)36-6-7-39(44(23-36)61-37-22-33-9-15-51-45(33)52-28-37)46(57)53-62-38-24-42(49)41(43(25-38)56(58)59)29-50-27-31-10-20-60-21-11-31/h2-7,9,15,22-25,28-29,31,49-50H,1,8,10-14,16-21,26-27,30H2,(H,51,52)(H,53,57)/b41-29+,49-42?. The number of hydrogen-bond acceptors (Lipinski definition) is 11. The molecule has 2 aromatic heterocycles. The Kier molecular flexibility index (Phi) is 12.5. The minimum absolute atomic E-state index is 0.0175. The van der Waals surface area contributed by atoms with Gasteiger partial charge in [-0.2, -0.15) is 0 Å². The lowest BCUT2D eigenvalue weighted by atomic mass is 9.59. The number of rotatable bonds is 13. The summed E-state index contributed by atoms with van der Waals surface area (Å²) in [5, 5.41) is 25.6. The first-order valence-corrected chi connectivity index (χ1v) is 22.7. The maximum atomic E-state index is 13.9. The van der Waals surface area contributed by atoms with Crippen molar-refractivity contribution in [2.45, 2.75) is 51.4 Å². The van der Waals surface area contributed by atoms with E-state index in [1.807, 2.05) is 42.6 Å². The first-order valence-electron chi connectivity index (χ1n) is 21.5. The van der Waals surface area contributed by atoms with Gasteiger partial charge in [0, 0.05) is 98.0 Å². The molecule has 0 bridgehead atoms. The van der Waals surface area contributed by atoms with E-state index in [-0.39, 0.29) is 17.0 Å². The first kappa shape index (κ1) is 41.9. The predicted octanol–water partition coefficient (Wildman–Crippen LogP) is 9.29. The maximum absolute atomic E-state index is 13.9. The summed E-state index contributed by atoms with van der Waals surface area (Å²) in [4.78, 5) is 38.4. The molecule has 1 saturated carbocycles. The number of aromatic nitrogens is 2. The highest BCUT2D eigenvalue weighted by Crippen LogP contribution is 2.55. The summed E-state index contributed by atoms with van der Waals surface area (Å²) in [7, 11) is 0. The lowest BCUT2D eigenvalue weighted by Gasteiger charge is -2.47. The number of carbonyl (C=O) groups excluding carboxylic acids is 1. The number of nitro groups is 1. The zero-order chi connectivity index (χ0) is 42.6. The maximum Gasteiger partial charge on any atom is 0.281 e. The Labute approximate surface area is 370 Å². The van der Waals surface area contributed by atoms with Crippen LogP contribution in [0.1, 0.15) is 67.3 Å². The van der Waals surface area contributed by atoms with E-state index in [2.05, 4.69) is 41.9 Å². The normalized spacial score (nSPS) is 20.2. The summed E-state index contributed by atoms with van der Waals surface area (Å²) < 4.78 is 14.7. The molecule has 2 aliphatic heterocycles. The summed E-state index contributed by atoms with van der Waals surface area (Å²) in [5.74, 6) is 0.801. The molecule has 3 fully saturated rings. The van der Waals surface area contributed by atoms with Gasteiger partial charge in [0.15, 0.2) is 0 Å². The molecule has 4 N–H and O–H groups in total. The van der Waals surface area contributed by atoms with Gasteiger partial charge in [-0.1, -0.05) is 35.7 Å². The summed E-state index contributed by atoms with van der Waals surface area (Å²) in [6.45, 7) is 6.45. The molecule has 15 heteroatoms. The Morgan fingerprint density at radius 1 is 1.08 bits per heavy atom. The number of H-pyrrole nitrogens is 1. The monoisotopic (exact) mass is 874 g/mol. The molecular formula is C47H51ClN8O5S. The zero-order valence-electron chi connectivity index (χ0n) is 34.6. The Bertz CT molecular complexity index is 2480. The molecule has 0 unspecified atom stereocenters. The van der Waals surface area contributed by atoms with Crippen molar-refractivity contribution in [3.8, 4) is 11.5 Å². The number of hydrogen-bond donors (Lipinski definition) is 4. The third kappa shape index (κ3) is 9.48. The van der Waals surface area contributed by atoms with Crippen LogP contribution in [0, 0.1) is 26.9 Å². The Morgan fingerprint density at radius 2 is 1.89 bits per heavy atom. The van der Waals surface area contributed by atoms with Crippen LogP contribution in [0.5, 0.6) is 11.5 Å². The fourth-order valence-corrected chi connectivity index (χ4v) is 10.1. The van der Waals surface area contributed by atoms with Crippen molar-refractivity contribution in [2.24, 2.45) is 11.3 Å². The number of amides is 1. The number of allylic oxidation sites excluding steroid dienone is 4. The number of aromatic amines is 1. The van der Waals surface area contributed by atoms with Crippen molar-refractivity contribution in [2.75, 3.05) is 57.4 Å². The van der Waals surface area contributed by atoms with Crippen LogP contribution >= 0.6 is 23.5 Å². The summed E-state index contributed by atoms with van der Waals surface area (Å²) >= 11 is 7.21. The number of anilines is 1. The number of piperazine rings is 1. The summed E-state index contributed by atoms with van der Waals surface area (Å²) in [5.41, 5.74) is 6.76. The van der Waals surface area contributed by atoms with Crippen molar-refractivity contribution in [1.29, 1.82) is 5.41 Å². The Hall–Kier alpha value is -5.41. The number of ether oxygens (including phenoxy) is 2. The molecule has 2 aromatic carbocycles. The van der Waals surface area contributed by atoms with Crippen molar-refractivity contribution >= 4 is 57.5 Å². The van der Waals surface area contributed by atoms with Crippen LogP contribution in [-0.2, 0) is 4.74 Å². The average molecular weight is 875 g/mol. The lowest BCUT2D eigenvalue weighted by molar-refractivity contribution is -0.420. The van der Waals surface area contributed by atoms with E-state index in [9.17, 15) is 14.9 Å². The Morgan fingerprint density at radius 3 is 2.65 bits per heavy atom. The highest BCUT2D eigenvalue weighted by Gasteiger charge is 2.41. The molecule has 3 aliphatic carbocycles. The number of nitrogens with zero attached hydrogens (tertiary/aromatic N) is 4. The number of fused-ring (bicyclic) bond motifs is 1. The minimum Gasteiger partial charge on any atom is -0.455 e. The fourth-order valence-electron chi connectivity index (χ4n) is 9.32. The van der Waals surface area contributed by atoms with Gasteiger partial charge in [0.05, 0.1) is 28.0 Å². The van der Waals surface area contributed by atoms with Crippen molar-refractivity contribution < 1.29 is 19.2 Å². The predicted molar refractivity (Wildman–Crippen MR) is 245 cm³/mol. The van der Waals surface area contributed by atoms with Gasteiger partial charge >= 0.3 is 0 Å². The van der Waals surface area contributed by atoms with E-state index in [1.165, 1.54) is 49.0 Å². The third-order valence-electron chi connectivity index (χ3n) is 13.1. The molecular weight excluding hydrogens is 824 g/mol. The van der Waals surface area contributed by atoms with Crippen LogP contribution < -0.4 is 19.7 Å². The largest absolute Gasteiger partial charge is 0.455 e. The molecule has 0 atom stereocenters. The van der Waals surface area contributed by atoms with Crippen LogP contribution in [0.4, 0.5) is 5.69 Å². The van der Waals surface area contributed by atoms with E-state index in [0.29, 0.717) is 53.1 Å². The van der Waals surface area contributed by atoms with E-state index in [4.69, 9.17) is 26.5 Å². The van der Waals surface area contributed by atoms with Crippen LogP contribution in [0.3, 0.4) is 0 Å². The summed E-state index contributed by atoms with van der Waals surface area (Å²) in [6, 6.07) is 17.8. The van der Waals surface area contributed by atoms with Gasteiger partial charge in [-0.15, -0.1) is 0 Å². The molecule has 2 saturated heterocycles. The van der Waals surface area contributed by atoms with Crippen LogP contribution in [0.2, 0.25) is 5.02 Å². The third-order valence-corrected chi connectivity index (χ3v) is 14.1. The van der Waals surface area contributed by atoms with Gasteiger partial charge in [0.1, 0.15) is 17.1 Å². The molecule has 0 radical (unpaired) electrons. The topological polar surface area (TPSA) is 162 Å². The SMILES string of the molecule is N=C1C=C(SNC(=O)c2ccc(N3CCN(CC4=C(c5ccc(Cl)cc5)CC5(CCC5)CC4)CC3)cc2Oc2cnc3[nH]ccc3c2)C=C([N+](=O)[O-])/C1=C/NCC1CCOCC1. The number of nitrogens with one attached hydrogen (secondary N) is 4. The molecule has 322 valence electrons. The van der Waals surface area contributed by atoms with E-state index >= 15 is 0 Å². The number of pyridine rings is 1. The van der Waals surface area contributed by atoms with Gasteiger partial charge in [-0.25, -0.2) is 4.98 Å². The molecule has 5 aliphatic rings. The van der Waals surface area contributed by atoms with E-state index < -0.39 is 10.8 Å². The van der Waals surface area contributed by atoms with Gasteiger partial charge in [0.25, 0.3) is 11.6 Å². The van der Waals surface area contributed by atoms with Crippen molar-refractivity contribution in [3.63, 3.8) is 0 Å². The lowest BCUT2D eigenvalue weighted by Crippen LogP contribution is -2.47. The van der Waals surface area contributed by atoms with E-state index in [0.717, 1.165) is 92.1 Å². The van der Waals surface area contributed by atoms with E-state index in [1.54, 1.807) is 24.0 Å². The van der Waals surface area contributed by atoms with Gasteiger partial charge in [-0.3, -0.25) is 29.9 Å².